The van der Waals surface area contributed by atoms with Gasteiger partial charge in [-0.25, -0.2) is 0 Å². The van der Waals surface area contributed by atoms with Gasteiger partial charge in [-0.05, 0) is 25.4 Å². The van der Waals surface area contributed by atoms with Crippen molar-refractivity contribution in [2.45, 2.75) is 19.0 Å². The number of nitrogens with zero attached hydrogens (tertiary/aromatic N) is 2. The number of carbonyl (C=O) groups is 1. The molecule has 0 aliphatic carbocycles. The molecule has 2 atom stereocenters. The second-order valence-electron chi connectivity index (χ2n) is 4.41. The molecule has 2 rings (SSSR count). The maximum absolute atomic E-state index is 12.3. The highest BCUT2D eigenvalue weighted by Gasteiger charge is 2.22. The zero-order valence-electron chi connectivity index (χ0n) is 11.3. The Morgan fingerprint density at radius 1 is 1.53 bits per heavy atom. The molecule has 0 bridgehead atoms. The van der Waals surface area contributed by atoms with Gasteiger partial charge >= 0.3 is 0 Å². The van der Waals surface area contributed by atoms with Crippen molar-refractivity contribution >= 4 is 17.2 Å². The lowest BCUT2D eigenvalue weighted by atomic mass is 10.1. The third-order valence-corrected chi connectivity index (χ3v) is 3.99. The van der Waals surface area contributed by atoms with Crippen molar-refractivity contribution in [1.29, 1.82) is 0 Å². The van der Waals surface area contributed by atoms with Crippen LogP contribution in [0.25, 0.3) is 0 Å². The summed E-state index contributed by atoms with van der Waals surface area (Å²) in [5.41, 5.74) is 0.862. The number of likely N-dealkylation sites (N-methyl/N-ethyl adjacent to an activating group) is 1. The van der Waals surface area contributed by atoms with Crippen LogP contribution in [0.5, 0.6) is 0 Å². The van der Waals surface area contributed by atoms with Crippen molar-refractivity contribution in [2.24, 2.45) is 7.05 Å². The SMILES string of the molecule is CNC(C(=O)NC(C)c1cccs1)c1cnn(C)c1. The molecular formula is C13H18N4OS. The fourth-order valence-corrected chi connectivity index (χ4v) is 2.68. The Morgan fingerprint density at radius 2 is 2.32 bits per heavy atom. The van der Waals surface area contributed by atoms with Crippen LogP contribution in [0.3, 0.4) is 0 Å². The van der Waals surface area contributed by atoms with Gasteiger partial charge in [0, 0.05) is 23.7 Å². The van der Waals surface area contributed by atoms with E-state index in [-0.39, 0.29) is 18.0 Å². The molecular weight excluding hydrogens is 260 g/mol. The van der Waals surface area contributed by atoms with E-state index in [9.17, 15) is 4.79 Å². The van der Waals surface area contributed by atoms with Gasteiger partial charge in [0.25, 0.3) is 0 Å². The molecule has 0 spiro atoms. The number of carbonyl (C=O) groups excluding carboxylic acids is 1. The normalized spacial score (nSPS) is 14.1. The predicted molar refractivity (Wildman–Crippen MR) is 75.9 cm³/mol. The van der Waals surface area contributed by atoms with Crippen molar-refractivity contribution in [3.05, 3.63) is 40.3 Å². The molecule has 1 amide bonds. The van der Waals surface area contributed by atoms with E-state index in [2.05, 4.69) is 15.7 Å². The van der Waals surface area contributed by atoms with Gasteiger partial charge in [0.1, 0.15) is 6.04 Å². The number of nitrogens with one attached hydrogen (secondary N) is 2. The molecule has 19 heavy (non-hydrogen) atoms. The molecule has 0 saturated carbocycles. The zero-order valence-corrected chi connectivity index (χ0v) is 12.1. The van der Waals surface area contributed by atoms with Gasteiger partial charge in [0.05, 0.1) is 12.2 Å². The van der Waals surface area contributed by atoms with E-state index >= 15 is 0 Å². The third kappa shape index (κ3) is 3.21. The molecule has 0 fully saturated rings. The maximum Gasteiger partial charge on any atom is 0.242 e. The smallest absolute Gasteiger partial charge is 0.242 e. The number of rotatable bonds is 5. The molecule has 2 N–H and O–H groups in total. The minimum absolute atomic E-state index is 0.0139. The second-order valence-corrected chi connectivity index (χ2v) is 5.39. The lowest BCUT2D eigenvalue weighted by Gasteiger charge is -2.18. The number of thiophene rings is 1. The first kappa shape index (κ1) is 13.8. The molecule has 0 aliphatic rings. The van der Waals surface area contributed by atoms with Crippen molar-refractivity contribution in [3.63, 3.8) is 0 Å². The minimum atomic E-state index is -0.379. The van der Waals surface area contributed by atoms with Gasteiger partial charge in [-0.15, -0.1) is 11.3 Å². The molecule has 0 aromatic carbocycles. The van der Waals surface area contributed by atoms with Crippen LogP contribution < -0.4 is 10.6 Å². The second kappa shape index (κ2) is 5.99. The van der Waals surface area contributed by atoms with E-state index in [1.54, 1.807) is 29.3 Å². The lowest BCUT2D eigenvalue weighted by molar-refractivity contribution is -0.123. The topological polar surface area (TPSA) is 59.0 Å². The van der Waals surface area contributed by atoms with Crippen LogP contribution in [0, 0.1) is 0 Å². The molecule has 0 aliphatic heterocycles. The van der Waals surface area contributed by atoms with Gasteiger partial charge in [-0.1, -0.05) is 6.07 Å². The minimum Gasteiger partial charge on any atom is -0.347 e. The summed E-state index contributed by atoms with van der Waals surface area (Å²) in [5, 5.41) is 12.1. The van der Waals surface area contributed by atoms with Crippen LogP contribution in [0.15, 0.2) is 29.9 Å². The molecule has 2 aromatic rings. The first-order valence-electron chi connectivity index (χ1n) is 6.11. The van der Waals surface area contributed by atoms with Crippen LogP contribution in [-0.4, -0.2) is 22.7 Å². The van der Waals surface area contributed by atoms with Gasteiger partial charge < -0.3 is 10.6 Å². The quantitative estimate of drug-likeness (QED) is 0.874. The molecule has 5 nitrogen and oxygen atoms in total. The first-order chi connectivity index (χ1) is 9.11. The Labute approximate surface area is 116 Å². The lowest BCUT2D eigenvalue weighted by Crippen LogP contribution is -2.37. The monoisotopic (exact) mass is 278 g/mol. The van der Waals surface area contributed by atoms with E-state index in [1.165, 1.54) is 0 Å². The predicted octanol–water partition coefficient (Wildman–Crippen LogP) is 1.62. The van der Waals surface area contributed by atoms with Gasteiger partial charge in [-0.3, -0.25) is 9.48 Å². The molecule has 2 aromatic heterocycles. The van der Waals surface area contributed by atoms with Gasteiger partial charge in [-0.2, -0.15) is 5.10 Å². The van der Waals surface area contributed by atoms with E-state index in [1.807, 2.05) is 37.7 Å². The number of aromatic nitrogens is 2. The summed E-state index contributed by atoms with van der Waals surface area (Å²) in [6, 6.07) is 3.64. The Morgan fingerprint density at radius 3 is 2.84 bits per heavy atom. The largest absolute Gasteiger partial charge is 0.347 e. The Kier molecular flexibility index (Phi) is 4.34. The van der Waals surface area contributed by atoms with Crippen LogP contribution in [0.1, 0.15) is 29.4 Å². The summed E-state index contributed by atoms with van der Waals surface area (Å²) in [4.78, 5) is 13.4. The van der Waals surface area contributed by atoms with E-state index in [0.29, 0.717) is 0 Å². The van der Waals surface area contributed by atoms with Crippen molar-refractivity contribution in [1.82, 2.24) is 20.4 Å². The average Bonchev–Trinajstić information content (AvgIpc) is 3.01. The molecule has 2 heterocycles. The molecule has 0 radical (unpaired) electrons. The average molecular weight is 278 g/mol. The number of hydrogen-bond acceptors (Lipinski definition) is 4. The number of hydrogen-bond donors (Lipinski definition) is 2. The number of amides is 1. The first-order valence-corrected chi connectivity index (χ1v) is 6.99. The molecule has 6 heteroatoms. The zero-order chi connectivity index (χ0) is 13.8. The summed E-state index contributed by atoms with van der Waals surface area (Å²) < 4.78 is 1.69. The van der Waals surface area contributed by atoms with Crippen LogP contribution in [-0.2, 0) is 11.8 Å². The molecule has 0 saturated heterocycles. The van der Waals surface area contributed by atoms with Crippen molar-refractivity contribution in [2.75, 3.05) is 7.05 Å². The van der Waals surface area contributed by atoms with Crippen LogP contribution in [0.4, 0.5) is 0 Å². The van der Waals surface area contributed by atoms with Crippen LogP contribution >= 0.6 is 11.3 Å². The standard InChI is InChI=1S/C13H18N4OS/c1-9(11-5-4-6-19-11)16-13(18)12(14-2)10-7-15-17(3)8-10/h4-9,12,14H,1-3H3,(H,16,18). The summed E-state index contributed by atoms with van der Waals surface area (Å²) in [6.45, 7) is 1.99. The summed E-state index contributed by atoms with van der Waals surface area (Å²) >= 11 is 1.64. The van der Waals surface area contributed by atoms with Crippen molar-refractivity contribution < 1.29 is 4.79 Å². The van der Waals surface area contributed by atoms with E-state index < -0.39 is 0 Å². The summed E-state index contributed by atoms with van der Waals surface area (Å²) in [6.07, 6.45) is 3.55. The molecule has 102 valence electrons. The van der Waals surface area contributed by atoms with Gasteiger partial charge in [0.15, 0.2) is 0 Å². The Hall–Kier alpha value is -1.66. The van der Waals surface area contributed by atoms with Crippen molar-refractivity contribution in [3.8, 4) is 0 Å². The molecule has 2 unspecified atom stereocenters. The van der Waals surface area contributed by atoms with Gasteiger partial charge in [0.2, 0.25) is 5.91 Å². The fraction of sp³-hybridized carbons (Fsp3) is 0.385. The fourth-order valence-electron chi connectivity index (χ4n) is 1.94. The highest BCUT2D eigenvalue weighted by molar-refractivity contribution is 7.10. The maximum atomic E-state index is 12.3. The highest BCUT2D eigenvalue weighted by Crippen LogP contribution is 2.20. The highest BCUT2D eigenvalue weighted by atomic mass is 32.1. The Balaban J connectivity index is 2.05. The van der Waals surface area contributed by atoms with E-state index in [0.717, 1.165) is 10.4 Å². The van der Waals surface area contributed by atoms with Crippen LogP contribution in [0.2, 0.25) is 0 Å². The Bertz CT molecular complexity index is 535. The summed E-state index contributed by atoms with van der Waals surface area (Å²) in [5.74, 6) is -0.0450. The van der Waals surface area contributed by atoms with E-state index in [4.69, 9.17) is 0 Å². The summed E-state index contributed by atoms with van der Waals surface area (Å²) in [7, 11) is 3.61. The number of aryl methyl sites for hydroxylation is 1. The third-order valence-electron chi connectivity index (χ3n) is 2.94.